The lowest BCUT2D eigenvalue weighted by Crippen LogP contribution is -2.53. The van der Waals surface area contributed by atoms with E-state index in [0.717, 1.165) is 58.1 Å². The van der Waals surface area contributed by atoms with Crippen LogP contribution in [0.15, 0.2) is 29.3 Å². The van der Waals surface area contributed by atoms with E-state index < -0.39 is 0 Å². The molecule has 1 saturated heterocycles. The average molecular weight is 460 g/mol. The summed E-state index contributed by atoms with van der Waals surface area (Å²) in [5.74, 6) is 1.38. The average Bonchev–Trinajstić information content (AvgIpc) is 2.59. The van der Waals surface area contributed by atoms with Gasteiger partial charge in [-0.2, -0.15) is 0 Å². The van der Waals surface area contributed by atoms with Crippen LogP contribution in [0.4, 0.5) is 0 Å². The second-order valence-electron chi connectivity index (χ2n) is 6.00. The van der Waals surface area contributed by atoms with Crippen molar-refractivity contribution in [1.29, 1.82) is 0 Å². The highest BCUT2D eigenvalue weighted by atomic mass is 127. The minimum absolute atomic E-state index is 0. The number of nitrogens with zero attached hydrogens (tertiary/aromatic N) is 3. The number of aryl methyl sites for hydroxylation is 1. The van der Waals surface area contributed by atoms with Gasteiger partial charge in [-0.1, -0.05) is 12.1 Å². The molecule has 1 heterocycles. The number of hydrogen-bond acceptors (Lipinski definition) is 3. The Bertz CT molecular complexity index is 555. The van der Waals surface area contributed by atoms with Crippen LogP contribution in [0.5, 0.6) is 5.75 Å². The minimum atomic E-state index is 0. The van der Waals surface area contributed by atoms with Crippen molar-refractivity contribution in [2.45, 2.75) is 26.7 Å². The number of benzene rings is 1. The molecule has 25 heavy (non-hydrogen) atoms. The summed E-state index contributed by atoms with van der Waals surface area (Å²) in [4.78, 5) is 20.2. The number of rotatable bonds is 5. The molecule has 0 aromatic heterocycles. The molecule has 1 aromatic carbocycles. The molecule has 6 nitrogen and oxygen atoms in total. The van der Waals surface area contributed by atoms with E-state index in [-0.39, 0.29) is 29.9 Å². The Hall–Kier alpha value is -1.51. The van der Waals surface area contributed by atoms with Crippen LogP contribution in [0, 0.1) is 0 Å². The molecule has 140 valence electrons. The molecule has 0 unspecified atom stereocenters. The van der Waals surface area contributed by atoms with Gasteiger partial charge in [0.05, 0.1) is 0 Å². The molecule has 1 aliphatic rings. The summed E-state index contributed by atoms with van der Waals surface area (Å²) in [7, 11) is 0. The van der Waals surface area contributed by atoms with Crippen LogP contribution in [0.2, 0.25) is 0 Å². The van der Waals surface area contributed by atoms with Gasteiger partial charge in [0.25, 0.3) is 0 Å². The molecule has 0 atom stereocenters. The number of nitrogens with one attached hydrogen (secondary N) is 1. The molecule has 0 radical (unpaired) electrons. The highest BCUT2D eigenvalue weighted by Crippen LogP contribution is 2.11. The van der Waals surface area contributed by atoms with E-state index in [1.807, 2.05) is 17.0 Å². The molecular weight excluding hydrogens is 431 g/mol. The van der Waals surface area contributed by atoms with Gasteiger partial charge >= 0.3 is 0 Å². The van der Waals surface area contributed by atoms with E-state index in [2.05, 4.69) is 17.1 Å². The van der Waals surface area contributed by atoms with Crippen LogP contribution < -0.4 is 5.32 Å². The monoisotopic (exact) mass is 460 g/mol. The van der Waals surface area contributed by atoms with Crippen molar-refractivity contribution >= 4 is 35.8 Å². The number of halogens is 1. The summed E-state index contributed by atoms with van der Waals surface area (Å²) in [6.07, 6.45) is 1.91. The van der Waals surface area contributed by atoms with Crippen LogP contribution >= 0.6 is 24.0 Å². The van der Waals surface area contributed by atoms with Gasteiger partial charge in [0.1, 0.15) is 5.75 Å². The number of piperazine rings is 1. The van der Waals surface area contributed by atoms with Gasteiger partial charge in [-0.3, -0.25) is 9.79 Å². The first-order chi connectivity index (χ1) is 11.6. The number of phenolic OH excluding ortho intramolecular Hbond substituents is 1. The SMILES string of the molecule is CCNC(=NCCCc1ccc(O)cc1)N1CCN(C(C)=O)CC1.I. The Morgan fingerprint density at radius 1 is 1.16 bits per heavy atom. The van der Waals surface area contributed by atoms with Crippen LogP contribution in [-0.2, 0) is 11.2 Å². The van der Waals surface area contributed by atoms with Gasteiger partial charge in [0, 0.05) is 46.2 Å². The Labute approximate surface area is 167 Å². The number of amides is 1. The lowest BCUT2D eigenvalue weighted by atomic mass is 10.1. The standard InChI is InChI=1S/C18H28N4O2.HI/c1-3-19-18(22-13-11-21(12-14-22)15(2)23)20-10-4-5-16-6-8-17(24)9-7-16;/h6-9,24H,3-5,10-14H2,1-2H3,(H,19,20);1H. The number of carbonyl (C=O) groups excluding carboxylic acids is 1. The lowest BCUT2D eigenvalue weighted by molar-refractivity contribution is -0.130. The van der Waals surface area contributed by atoms with Crippen molar-refractivity contribution in [2.24, 2.45) is 4.99 Å². The topological polar surface area (TPSA) is 68.2 Å². The molecule has 1 amide bonds. The summed E-state index contributed by atoms with van der Waals surface area (Å²) in [6, 6.07) is 7.34. The second kappa shape index (κ2) is 11.2. The zero-order valence-electron chi connectivity index (χ0n) is 15.1. The van der Waals surface area contributed by atoms with E-state index in [1.165, 1.54) is 5.56 Å². The highest BCUT2D eigenvalue weighted by molar-refractivity contribution is 14.0. The zero-order chi connectivity index (χ0) is 17.4. The first-order valence-electron chi connectivity index (χ1n) is 8.67. The summed E-state index contributed by atoms with van der Waals surface area (Å²) < 4.78 is 0. The van der Waals surface area contributed by atoms with E-state index in [4.69, 9.17) is 4.99 Å². The van der Waals surface area contributed by atoms with Gasteiger partial charge in [0.2, 0.25) is 5.91 Å². The normalized spacial score (nSPS) is 14.9. The predicted octanol–water partition coefficient (Wildman–Crippen LogP) is 2.07. The number of aromatic hydroxyl groups is 1. The maximum absolute atomic E-state index is 11.4. The summed E-state index contributed by atoms with van der Waals surface area (Å²) in [6.45, 7) is 8.45. The quantitative estimate of drug-likeness (QED) is 0.306. The van der Waals surface area contributed by atoms with Gasteiger partial charge in [-0.25, -0.2) is 0 Å². The number of hydrogen-bond donors (Lipinski definition) is 2. The van der Waals surface area contributed by atoms with Crippen LogP contribution in [-0.4, -0.2) is 66.0 Å². The maximum atomic E-state index is 11.4. The number of guanidine groups is 1. The lowest BCUT2D eigenvalue weighted by Gasteiger charge is -2.36. The van der Waals surface area contributed by atoms with E-state index in [1.54, 1.807) is 19.1 Å². The fourth-order valence-electron chi connectivity index (χ4n) is 2.79. The Kier molecular flexibility index (Phi) is 9.62. The summed E-state index contributed by atoms with van der Waals surface area (Å²) in [5.41, 5.74) is 1.21. The number of aliphatic imine (C=N–C) groups is 1. The van der Waals surface area contributed by atoms with Crippen molar-refractivity contribution in [3.05, 3.63) is 29.8 Å². The molecular formula is C18H29IN4O2. The van der Waals surface area contributed by atoms with E-state index in [0.29, 0.717) is 5.75 Å². The first-order valence-corrected chi connectivity index (χ1v) is 8.67. The largest absolute Gasteiger partial charge is 0.508 e. The van der Waals surface area contributed by atoms with Gasteiger partial charge in [-0.05, 0) is 37.5 Å². The molecule has 2 N–H and O–H groups in total. The van der Waals surface area contributed by atoms with Crippen molar-refractivity contribution < 1.29 is 9.90 Å². The second-order valence-corrected chi connectivity index (χ2v) is 6.00. The Morgan fingerprint density at radius 3 is 2.32 bits per heavy atom. The Morgan fingerprint density at radius 2 is 1.76 bits per heavy atom. The van der Waals surface area contributed by atoms with E-state index in [9.17, 15) is 9.90 Å². The van der Waals surface area contributed by atoms with Gasteiger partial charge < -0.3 is 20.2 Å². The molecule has 0 saturated carbocycles. The number of carbonyl (C=O) groups is 1. The van der Waals surface area contributed by atoms with Gasteiger partial charge in [0.15, 0.2) is 5.96 Å². The molecule has 2 rings (SSSR count). The molecule has 1 fully saturated rings. The zero-order valence-corrected chi connectivity index (χ0v) is 17.4. The predicted molar refractivity (Wildman–Crippen MR) is 112 cm³/mol. The number of phenols is 1. The fraction of sp³-hybridized carbons (Fsp3) is 0.556. The molecule has 0 spiro atoms. The maximum Gasteiger partial charge on any atom is 0.219 e. The fourth-order valence-corrected chi connectivity index (χ4v) is 2.79. The molecule has 1 aliphatic heterocycles. The summed E-state index contributed by atoms with van der Waals surface area (Å²) >= 11 is 0. The third-order valence-corrected chi connectivity index (χ3v) is 4.18. The smallest absolute Gasteiger partial charge is 0.219 e. The highest BCUT2D eigenvalue weighted by Gasteiger charge is 2.20. The van der Waals surface area contributed by atoms with Crippen molar-refractivity contribution in [2.75, 3.05) is 39.3 Å². The van der Waals surface area contributed by atoms with Crippen LogP contribution in [0.3, 0.4) is 0 Å². The molecule has 7 heteroatoms. The van der Waals surface area contributed by atoms with E-state index >= 15 is 0 Å². The Balaban J connectivity index is 0.00000312. The van der Waals surface area contributed by atoms with Crippen molar-refractivity contribution in [3.63, 3.8) is 0 Å². The molecule has 0 aliphatic carbocycles. The molecule has 0 bridgehead atoms. The van der Waals surface area contributed by atoms with Crippen LogP contribution in [0.25, 0.3) is 0 Å². The summed E-state index contributed by atoms with van der Waals surface area (Å²) in [5, 5.41) is 12.6. The third kappa shape index (κ3) is 7.09. The van der Waals surface area contributed by atoms with Crippen LogP contribution in [0.1, 0.15) is 25.8 Å². The first kappa shape index (κ1) is 21.5. The van der Waals surface area contributed by atoms with Crippen molar-refractivity contribution in [1.82, 2.24) is 15.1 Å². The minimum Gasteiger partial charge on any atom is -0.508 e. The van der Waals surface area contributed by atoms with Crippen molar-refractivity contribution in [3.8, 4) is 5.75 Å². The third-order valence-electron chi connectivity index (χ3n) is 4.18. The van der Waals surface area contributed by atoms with Gasteiger partial charge in [-0.15, -0.1) is 24.0 Å². The molecule has 1 aromatic rings.